The van der Waals surface area contributed by atoms with Crippen molar-refractivity contribution in [1.29, 1.82) is 0 Å². The number of rotatable bonds is 7. The predicted octanol–water partition coefficient (Wildman–Crippen LogP) is 4.41. The Morgan fingerprint density at radius 1 is 1.25 bits per heavy atom. The molecule has 0 saturated carbocycles. The molecule has 1 aliphatic rings. The lowest BCUT2D eigenvalue weighted by atomic mass is 9.99. The highest BCUT2D eigenvalue weighted by Crippen LogP contribution is 2.31. The number of halogens is 3. The van der Waals surface area contributed by atoms with Crippen LogP contribution < -0.4 is 15.4 Å². The lowest BCUT2D eigenvalue weighted by Gasteiger charge is -2.24. The first-order valence-electron chi connectivity index (χ1n) is 9.46. The van der Waals surface area contributed by atoms with Crippen LogP contribution in [0, 0.1) is 18.7 Å². The van der Waals surface area contributed by atoms with Crippen molar-refractivity contribution in [2.45, 2.75) is 39.2 Å². The Hall–Kier alpha value is -2.35. The minimum Gasteiger partial charge on any atom is -0.488 e. The van der Waals surface area contributed by atoms with Crippen LogP contribution in [-0.2, 0) is 0 Å². The van der Waals surface area contributed by atoms with E-state index in [9.17, 15) is 13.2 Å². The van der Waals surface area contributed by atoms with E-state index in [2.05, 4.69) is 20.6 Å². The van der Waals surface area contributed by atoms with Gasteiger partial charge in [-0.05, 0) is 45.7 Å². The van der Waals surface area contributed by atoms with Gasteiger partial charge in [-0.2, -0.15) is 0 Å². The van der Waals surface area contributed by atoms with Crippen molar-refractivity contribution in [3.8, 4) is 5.75 Å². The standard InChI is InChI=1S/C20H25F3N4O/c1-12(15-4-3-5-16(18(15)21)19(22)23)26-20-17(10-25-13(2)27-20)28-11-14-6-8-24-9-7-14/h3-5,10,12,14,19,24H,6-9,11H2,1-2H3,(H,25,26,27)/t12-/m1/s1. The van der Waals surface area contributed by atoms with Gasteiger partial charge in [-0.3, -0.25) is 0 Å². The van der Waals surface area contributed by atoms with Gasteiger partial charge in [-0.25, -0.2) is 23.1 Å². The third kappa shape index (κ3) is 4.92. The number of ether oxygens (including phenoxy) is 1. The van der Waals surface area contributed by atoms with Crippen LogP contribution in [0.1, 0.15) is 49.2 Å². The Balaban J connectivity index is 1.76. The number of benzene rings is 1. The van der Waals surface area contributed by atoms with Crippen LogP contribution in [0.5, 0.6) is 5.75 Å². The molecule has 0 radical (unpaired) electrons. The normalized spacial score (nSPS) is 16.2. The van der Waals surface area contributed by atoms with Crippen LogP contribution in [0.25, 0.3) is 0 Å². The number of anilines is 1. The van der Waals surface area contributed by atoms with Gasteiger partial charge in [0.15, 0.2) is 11.6 Å². The maximum absolute atomic E-state index is 14.5. The zero-order chi connectivity index (χ0) is 20.1. The van der Waals surface area contributed by atoms with E-state index >= 15 is 0 Å². The summed E-state index contributed by atoms with van der Waals surface area (Å²) < 4.78 is 46.4. The largest absolute Gasteiger partial charge is 0.488 e. The second-order valence-electron chi connectivity index (χ2n) is 7.05. The summed E-state index contributed by atoms with van der Waals surface area (Å²) >= 11 is 0. The summed E-state index contributed by atoms with van der Waals surface area (Å²) in [4.78, 5) is 8.54. The lowest BCUT2D eigenvalue weighted by molar-refractivity contribution is 0.146. The summed E-state index contributed by atoms with van der Waals surface area (Å²) in [5.41, 5.74) is -0.453. The lowest BCUT2D eigenvalue weighted by Crippen LogP contribution is -2.30. The number of aryl methyl sites for hydroxylation is 1. The van der Waals surface area contributed by atoms with E-state index < -0.39 is 23.8 Å². The molecule has 1 atom stereocenters. The highest BCUT2D eigenvalue weighted by atomic mass is 19.3. The first-order chi connectivity index (χ1) is 13.5. The third-order valence-corrected chi connectivity index (χ3v) is 4.92. The van der Waals surface area contributed by atoms with Crippen molar-refractivity contribution in [2.75, 3.05) is 25.0 Å². The maximum Gasteiger partial charge on any atom is 0.266 e. The van der Waals surface area contributed by atoms with Crippen LogP contribution in [-0.4, -0.2) is 29.7 Å². The summed E-state index contributed by atoms with van der Waals surface area (Å²) in [5.74, 6) is 0.983. The monoisotopic (exact) mass is 394 g/mol. The fourth-order valence-corrected chi connectivity index (χ4v) is 3.28. The van der Waals surface area contributed by atoms with E-state index in [1.54, 1.807) is 20.0 Å². The number of aromatic nitrogens is 2. The van der Waals surface area contributed by atoms with E-state index in [1.165, 1.54) is 12.1 Å². The van der Waals surface area contributed by atoms with Crippen molar-refractivity contribution in [2.24, 2.45) is 5.92 Å². The Bertz CT molecular complexity index is 797. The van der Waals surface area contributed by atoms with Gasteiger partial charge >= 0.3 is 0 Å². The molecule has 2 N–H and O–H groups in total. The number of nitrogens with zero attached hydrogens (tertiary/aromatic N) is 2. The number of hydrogen-bond acceptors (Lipinski definition) is 5. The van der Waals surface area contributed by atoms with E-state index in [-0.39, 0.29) is 5.56 Å². The number of piperidine rings is 1. The molecule has 0 amide bonds. The Morgan fingerprint density at radius 3 is 2.68 bits per heavy atom. The summed E-state index contributed by atoms with van der Waals surface area (Å²) in [7, 11) is 0. The molecule has 152 valence electrons. The van der Waals surface area contributed by atoms with Crippen molar-refractivity contribution >= 4 is 5.82 Å². The van der Waals surface area contributed by atoms with Gasteiger partial charge in [0, 0.05) is 5.56 Å². The summed E-state index contributed by atoms with van der Waals surface area (Å²) in [6, 6.07) is 3.44. The molecule has 2 heterocycles. The topological polar surface area (TPSA) is 59.1 Å². The number of alkyl halides is 2. The summed E-state index contributed by atoms with van der Waals surface area (Å²) in [6.45, 7) is 5.93. The molecule has 1 fully saturated rings. The molecule has 8 heteroatoms. The first-order valence-corrected chi connectivity index (χ1v) is 9.46. The van der Waals surface area contributed by atoms with Gasteiger partial charge in [-0.15, -0.1) is 0 Å². The number of nitrogens with one attached hydrogen (secondary N) is 2. The molecule has 1 aliphatic heterocycles. The third-order valence-electron chi connectivity index (χ3n) is 4.92. The maximum atomic E-state index is 14.5. The molecule has 1 aromatic heterocycles. The molecule has 28 heavy (non-hydrogen) atoms. The fourth-order valence-electron chi connectivity index (χ4n) is 3.28. The Kier molecular flexibility index (Phi) is 6.72. The Labute approximate surface area is 162 Å². The minimum atomic E-state index is -2.86. The zero-order valence-corrected chi connectivity index (χ0v) is 16.0. The molecule has 0 aliphatic carbocycles. The zero-order valence-electron chi connectivity index (χ0n) is 16.0. The van der Waals surface area contributed by atoms with Gasteiger partial charge in [0.25, 0.3) is 6.43 Å². The van der Waals surface area contributed by atoms with Gasteiger partial charge in [0.1, 0.15) is 11.6 Å². The van der Waals surface area contributed by atoms with E-state index in [0.29, 0.717) is 29.9 Å². The highest BCUT2D eigenvalue weighted by Gasteiger charge is 2.21. The minimum absolute atomic E-state index is 0.151. The molecule has 0 bridgehead atoms. The molecular weight excluding hydrogens is 369 g/mol. The molecule has 1 saturated heterocycles. The van der Waals surface area contributed by atoms with Crippen molar-refractivity contribution in [3.05, 3.63) is 47.2 Å². The Morgan fingerprint density at radius 2 is 1.96 bits per heavy atom. The predicted molar refractivity (Wildman–Crippen MR) is 101 cm³/mol. The molecular formula is C20H25F3N4O. The second-order valence-corrected chi connectivity index (χ2v) is 7.05. The van der Waals surface area contributed by atoms with Crippen molar-refractivity contribution < 1.29 is 17.9 Å². The van der Waals surface area contributed by atoms with Crippen LogP contribution >= 0.6 is 0 Å². The van der Waals surface area contributed by atoms with E-state index in [0.717, 1.165) is 32.0 Å². The quantitative estimate of drug-likeness (QED) is 0.728. The SMILES string of the molecule is Cc1ncc(OCC2CCNCC2)c(N[C@H](C)c2cccc(C(F)F)c2F)n1. The molecule has 3 rings (SSSR count). The molecule has 1 aromatic carbocycles. The van der Waals surface area contributed by atoms with Crippen molar-refractivity contribution in [1.82, 2.24) is 15.3 Å². The molecule has 0 unspecified atom stereocenters. The summed E-state index contributed by atoms with van der Waals surface area (Å²) in [6.07, 6.45) is 0.803. The van der Waals surface area contributed by atoms with Gasteiger partial charge in [0.05, 0.1) is 24.4 Å². The van der Waals surface area contributed by atoms with Gasteiger partial charge in [-0.1, -0.05) is 18.2 Å². The van der Waals surface area contributed by atoms with E-state index in [4.69, 9.17) is 4.74 Å². The highest BCUT2D eigenvalue weighted by molar-refractivity contribution is 5.50. The van der Waals surface area contributed by atoms with Crippen molar-refractivity contribution in [3.63, 3.8) is 0 Å². The average molecular weight is 394 g/mol. The number of hydrogen-bond donors (Lipinski definition) is 2. The molecule has 2 aromatic rings. The van der Waals surface area contributed by atoms with Gasteiger partial charge in [0.2, 0.25) is 0 Å². The summed E-state index contributed by atoms with van der Waals surface area (Å²) in [5, 5.41) is 6.40. The smallest absolute Gasteiger partial charge is 0.266 e. The van der Waals surface area contributed by atoms with E-state index in [1.807, 2.05) is 0 Å². The van der Waals surface area contributed by atoms with Crippen LogP contribution in [0.3, 0.4) is 0 Å². The van der Waals surface area contributed by atoms with Gasteiger partial charge < -0.3 is 15.4 Å². The molecule has 0 spiro atoms. The average Bonchev–Trinajstić information content (AvgIpc) is 2.68. The second kappa shape index (κ2) is 9.23. The van der Waals surface area contributed by atoms with Crippen LogP contribution in [0.2, 0.25) is 0 Å². The molecule has 5 nitrogen and oxygen atoms in total. The fraction of sp³-hybridized carbons (Fsp3) is 0.500. The van der Waals surface area contributed by atoms with Crippen LogP contribution in [0.15, 0.2) is 24.4 Å². The van der Waals surface area contributed by atoms with Crippen LogP contribution in [0.4, 0.5) is 19.0 Å². The first kappa shape index (κ1) is 20.4.